The number of benzene rings is 1. The van der Waals surface area contributed by atoms with E-state index in [0.717, 1.165) is 29.6 Å². The molecule has 0 saturated carbocycles. The lowest BCUT2D eigenvalue weighted by atomic mass is 9.98. The second kappa shape index (κ2) is 7.31. The Balaban J connectivity index is 1.29. The summed E-state index contributed by atoms with van der Waals surface area (Å²) in [5, 5.41) is 4.09. The summed E-state index contributed by atoms with van der Waals surface area (Å²) in [6.45, 7) is 4.93. The number of carbonyl (C=O) groups is 2. The van der Waals surface area contributed by atoms with E-state index in [2.05, 4.69) is 34.3 Å². The maximum atomic E-state index is 13.1. The highest BCUT2D eigenvalue weighted by atomic mass is 32.1. The smallest absolute Gasteiger partial charge is 0.246 e. The standard InChI is InChI=1S/C22H24N4O2S/c1-14-6-7-16(29-14)12-25-8-9-26-20(13-25)21(27)24-19(22(26)28)10-15-11-23-18-5-3-2-4-17(15)18/h2-7,11,19-20,23H,8-10,12-13H2,1H3,(H,24,27)/t19-,20+/m0/s1. The number of piperazine rings is 2. The molecule has 2 aromatic heterocycles. The summed E-state index contributed by atoms with van der Waals surface area (Å²) < 4.78 is 0. The van der Waals surface area contributed by atoms with Gasteiger partial charge >= 0.3 is 0 Å². The third-order valence-electron chi connectivity index (χ3n) is 5.94. The molecule has 7 heteroatoms. The van der Waals surface area contributed by atoms with E-state index in [4.69, 9.17) is 0 Å². The van der Waals surface area contributed by atoms with Gasteiger partial charge in [-0.05, 0) is 30.7 Å². The lowest BCUT2D eigenvalue weighted by Crippen LogP contribution is -2.69. The first-order valence-corrected chi connectivity index (χ1v) is 10.8. The molecule has 0 aliphatic carbocycles. The minimum atomic E-state index is -0.496. The molecule has 29 heavy (non-hydrogen) atoms. The zero-order chi connectivity index (χ0) is 20.0. The lowest BCUT2D eigenvalue weighted by Gasteiger charge is -2.45. The van der Waals surface area contributed by atoms with Crippen molar-refractivity contribution in [3.05, 3.63) is 57.9 Å². The minimum Gasteiger partial charge on any atom is -0.361 e. The van der Waals surface area contributed by atoms with Crippen molar-refractivity contribution in [1.29, 1.82) is 0 Å². The number of para-hydroxylation sites is 1. The summed E-state index contributed by atoms with van der Waals surface area (Å²) >= 11 is 1.79. The van der Waals surface area contributed by atoms with Crippen LogP contribution in [-0.2, 0) is 22.6 Å². The number of amides is 2. The highest BCUT2D eigenvalue weighted by Gasteiger charge is 2.43. The van der Waals surface area contributed by atoms with Crippen LogP contribution < -0.4 is 5.32 Å². The predicted molar refractivity (Wildman–Crippen MR) is 114 cm³/mol. The molecule has 2 saturated heterocycles. The molecule has 2 amide bonds. The Morgan fingerprint density at radius 2 is 2.00 bits per heavy atom. The van der Waals surface area contributed by atoms with Crippen molar-refractivity contribution >= 4 is 34.1 Å². The topological polar surface area (TPSA) is 68.4 Å². The van der Waals surface area contributed by atoms with Gasteiger partial charge in [-0.25, -0.2) is 0 Å². The molecule has 150 valence electrons. The first kappa shape index (κ1) is 18.4. The Morgan fingerprint density at radius 1 is 1.14 bits per heavy atom. The third kappa shape index (κ3) is 3.45. The molecule has 3 aromatic rings. The molecule has 2 N–H and O–H groups in total. The summed E-state index contributed by atoms with van der Waals surface area (Å²) in [5.74, 6) is -0.00648. The average Bonchev–Trinajstić information content (AvgIpc) is 3.32. The molecule has 0 unspecified atom stereocenters. The van der Waals surface area contributed by atoms with E-state index in [-0.39, 0.29) is 11.8 Å². The quantitative estimate of drug-likeness (QED) is 0.696. The fourth-order valence-electron chi connectivity index (χ4n) is 4.45. The number of fused-ring (bicyclic) bond motifs is 2. The second-order valence-corrected chi connectivity index (χ2v) is 9.29. The van der Waals surface area contributed by atoms with Crippen LogP contribution in [0.25, 0.3) is 10.9 Å². The Bertz CT molecular complexity index is 1070. The van der Waals surface area contributed by atoms with Gasteiger partial charge in [0.25, 0.3) is 0 Å². The van der Waals surface area contributed by atoms with Crippen LogP contribution in [0.1, 0.15) is 15.3 Å². The molecule has 5 rings (SSSR count). The number of aryl methyl sites for hydroxylation is 1. The Labute approximate surface area is 173 Å². The molecule has 2 fully saturated rings. The molecule has 2 atom stereocenters. The molecule has 0 bridgehead atoms. The maximum absolute atomic E-state index is 13.1. The van der Waals surface area contributed by atoms with Crippen LogP contribution in [0.3, 0.4) is 0 Å². The number of nitrogens with zero attached hydrogens (tertiary/aromatic N) is 2. The second-order valence-electron chi connectivity index (χ2n) is 7.92. The van der Waals surface area contributed by atoms with Crippen LogP contribution in [-0.4, -0.2) is 58.3 Å². The molecule has 6 nitrogen and oxygen atoms in total. The van der Waals surface area contributed by atoms with Gasteiger partial charge in [0.15, 0.2) is 0 Å². The zero-order valence-electron chi connectivity index (χ0n) is 16.4. The SMILES string of the molecule is Cc1ccc(CN2CCN3C(=O)[C@H](Cc4c[nH]c5ccccc45)NC(=O)[C@H]3C2)s1. The van der Waals surface area contributed by atoms with Gasteiger partial charge in [-0.3, -0.25) is 14.5 Å². The molecular formula is C22H24N4O2S. The lowest BCUT2D eigenvalue weighted by molar-refractivity contribution is -0.153. The number of H-pyrrole nitrogens is 1. The Morgan fingerprint density at radius 3 is 2.83 bits per heavy atom. The van der Waals surface area contributed by atoms with Gasteiger partial charge in [-0.1, -0.05) is 18.2 Å². The van der Waals surface area contributed by atoms with Crippen molar-refractivity contribution in [3.8, 4) is 0 Å². The normalized spacial score (nSPS) is 22.7. The first-order valence-electron chi connectivity index (χ1n) is 10.0. The first-order chi connectivity index (χ1) is 14.1. The summed E-state index contributed by atoms with van der Waals surface area (Å²) in [4.78, 5) is 35.9. The van der Waals surface area contributed by atoms with Crippen LogP contribution in [0.15, 0.2) is 42.6 Å². The highest BCUT2D eigenvalue weighted by Crippen LogP contribution is 2.24. The number of nitrogens with one attached hydrogen (secondary N) is 2. The molecule has 1 aromatic carbocycles. The van der Waals surface area contributed by atoms with Crippen molar-refractivity contribution < 1.29 is 9.59 Å². The number of aromatic nitrogens is 1. The molecule has 0 radical (unpaired) electrons. The van der Waals surface area contributed by atoms with Crippen molar-refractivity contribution in [3.63, 3.8) is 0 Å². The zero-order valence-corrected chi connectivity index (χ0v) is 17.2. The fourth-order valence-corrected chi connectivity index (χ4v) is 5.38. The number of hydrogen-bond donors (Lipinski definition) is 2. The van der Waals surface area contributed by atoms with Gasteiger partial charge in [0.2, 0.25) is 11.8 Å². The predicted octanol–water partition coefficient (Wildman–Crippen LogP) is 2.29. The van der Waals surface area contributed by atoms with Crippen molar-refractivity contribution in [1.82, 2.24) is 20.1 Å². The summed E-state index contributed by atoms with van der Waals surface area (Å²) in [6, 6.07) is 11.4. The van der Waals surface area contributed by atoms with E-state index in [1.54, 1.807) is 16.2 Å². The van der Waals surface area contributed by atoms with Crippen LogP contribution in [0, 0.1) is 6.92 Å². The van der Waals surface area contributed by atoms with Crippen molar-refractivity contribution in [2.75, 3.05) is 19.6 Å². The van der Waals surface area contributed by atoms with Gasteiger partial charge in [0.05, 0.1) is 0 Å². The average molecular weight is 409 g/mol. The number of aromatic amines is 1. The maximum Gasteiger partial charge on any atom is 0.246 e. The van der Waals surface area contributed by atoms with Crippen molar-refractivity contribution in [2.24, 2.45) is 0 Å². The van der Waals surface area contributed by atoms with Crippen LogP contribution in [0.4, 0.5) is 0 Å². The number of thiophene rings is 1. The van der Waals surface area contributed by atoms with E-state index in [9.17, 15) is 9.59 Å². The van der Waals surface area contributed by atoms with Crippen LogP contribution in [0.5, 0.6) is 0 Å². The molecular weight excluding hydrogens is 384 g/mol. The summed E-state index contributed by atoms with van der Waals surface area (Å²) in [7, 11) is 0. The Hall–Kier alpha value is -2.64. The van der Waals surface area contributed by atoms with Crippen molar-refractivity contribution in [2.45, 2.75) is 32.0 Å². The molecule has 2 aliphatic rings. The van der Waals surface area contributed by atoms with Gasteiger partial charge in [-0.2, -0.15) is 0 Å². The van der Waals surface area contributed by atoms with Gasteiger partial charge in [-0.15, -0.1) is 11.3 Å². The number of carbonyl (C=O) groups excluding carboxylic acids is 2. The summed E-state index contributed by atoms with van der Waals surface area (Å²) in [6.07, 6.45) is 2.45. The minimum absolute atomic E-state index is 0.0338. The molecule has 0 spiro atoms. The Kier molecular flexibility index (Phi) is 4.64. The third-order valence-corrected chi connectivity index (χ3v) is 6.92. The summed E-state index contributed by atoms with van der Waals surface area (Å²) in [5.41, 5.74) is 2.11. The van der Waals surface area contributed by atoms with E-state index in [0.29, 0.717) is 19.5 Å². The van der Waals surface area contributed by atoms with E-state index >= 15 is 0 Å². The number of rotatable bonds is 4. The van der Waals surface area contributed by atoms with Crippen LogP contribution >= 0.6 is 11.3 Å². The van der Waals surface area contributed by atoms with E-state index in [1.807, 2.05) is 30.5 Å². The molecule has 4 heterocycles. The van der Waals surface area contributed by atoms with Crippen LogP contribution in [0.2, 0.25) is 0 Å². The van der Waals surface area contributed by atoms with E-state index < -0.39 is 12.1 Å². The van der Waals surface area contributed by atoms with E-state index in [1.165, 1.54) is 9.75 Å². The highest BCUT2D eigenvalue weighted by molar-refractivity contribution is 7.11. The van der Waals surface area contributed by atoms with Gasteiger partial charge < -0.3 is 15.2 Å². The fraction of sp³-hybridized carbons (Fsp3) is 0.364. The largest absolute Gasteiger partial charge is 0.361 e. The number of hydrogen-bond acceptors (Lipinski definition) is 4. The van der Waals surface area contributed by atoms with Gasteiger partial charge in [0.1, 0.15) is 12.1 Å². The van der Waals surface area contributed by atoms with Gasteiger partial charge in [0, 0.05) is 59.5 Å². The monoisotopic (exact) mass is 408 g/mol. The molecule has 2 aliphatic heterocycles.